The highest BCUT2D eigenvalue weighted by atomic mass is 32.2. The number of rotatable bonds is 4. The molecular weight excluding hydrogens is 340 g/mol. The maximum Gasteiger partial charge on any atom is 0.249 e. The third-order valence-corrected chi connectivity index (χ3v) is 6.90. The Kier molecular flexibility index (Phi) is 4.74. The second kappa shape index (κ2) is 6.55. The summed E-state index contributed by atoms with van der Waals surface area (Å²) in [5.74, 6) is 0.318. The lowest BCUT2D eigenvalue weighted by Gasteiger charge is -2.46. The average Bonchev–Trinajstić information content (AvgIpc) is 2.86. The van der Waals surface area contributed by atoms with E-state index in [1.54, 1.807) is 18.2 Å². The Morgan fingerprint density at radius 1 is 1.24 bits per heavy atom. The fourth-order valence-electron chi connectivity index (χ4n) is 3.56. The van der Waals surface area contributed by atoms with Crippen LogP contribution in [0, 0.1) is 13.8 Å². The van der Waals surface area contributed by atoms with E-state index in [9.17, 15) is 8.42 Å². The summed E-state index contributed by atoms with van der Waals surface area (Å²) in [6.07, 6.45) is 0.590. The summed E-state index contributed by atoms with van der Waals surface area (Å²) < 4.78 is 39.4. The Balaban J connectivity index is 2.04. The third kappa shape index (κ3) is 3.36. The maximum absolute atomic E-state index is 13.5. The van der Waals surface area contributed by atoms with Crippen LogP contribution in [0.5, 0.6) is 0 Å². The lowest BCUT2D eigenvalue weighted by atomic mass is 9.99. The van der Waals surface area contributed by atoms with Crippen molar-refractivity contribution in [1.29, 1.82) is 0 Å². The molecule has 0 saturated carbocycles. The van der Waals surface area contributed by atoms with Crippen LogP contribution in [0.25, 0.3) is 0 Å². The van der Waals surface area contributed by atoms with Crippen LogP contribution >= 0.6 is 0 Å². The topological polar surface area (TPSA) is 72.6 Å². The number of morpholine rings is 1. The minimum atomic E-state index is -3.76. The van der Waals surface area contributed by atoms with Gasteiger partial charge in [-0.2, -0.15) is 4.31 Å². The van der Waals surface area contributed by atoms with E-state index in [2.05, 4.69) is 5.16 Å². The first-order valence-electron chi connectivity index (χ1n) is 8.32. The number of hydrogen-bond donors (Lipinski definition) is 0. The van der Waals surface area contributed by atoms with Gasteiger partial charge in [0.2, 0.25) is 10.0 Å². The molecule has 1 aromatic carbocycles. The first-order chi connectivity index (χ1) is 11.7. The molecule has 1 aliphatic heterocycles. The number of hydrogen-bond acceptors (Lipinski definition) is 5. The van der Waals surface area contributed by atoms with Gasteiger partial charge in [0.1, 0.15) is 10.6 Å². The molecule has 0 bridgehead atoms. The Morgan fingerprint density at radius 3 is 2.52 bits per heavy atom. The summed E-state index contributed by atoms with van der Waals surface area (Å²) in [5.41, 5.74) is 0.804. The van der Waals surface area contributed by atoms with Crippen LogP contribution in [0.1, 0.15) is 30.9 Å². The largest absolute Gasteiger partial charge is 0.378 e. The van der Waals surface area contributed by atoms with Crippen molar-refractivity contribution < 1.29 is 17.7 Å². The van der Waals surface area contributed by atoms with Crippen molar-refractivity contribution in [3.05, 3.63) is 47.3 Å². The lowest BCUT2D eigenvalue weighted by Crippen LogP contribution is -2.61. The Hall–Kier alpha value is -1.70. The molecule has 0 amide bonds. The first-order valence-corrected chi connectivity index (χ1v) is 9.76. The van der Waals surface area contributed by atoms with Crippen LogP contribution < -0.4 is 0 Å². The molecule has 1 fully saturated rings. The molecule has 3 rings (SSSR count). The standard InChI is InChI=1S/C18H24N2O4S/c1-13-17(14(2)24-19-13)25(21,22)20-16(11-23-12-18(20,3)4)10-15-8-6-5-7-9-15/h5-9,16H,10-12H2,1-4H3. The molecule has 6 nitrogen and oxygen atoms in total. The molecule has 0 N–H and O–H groups in total. The smallest absolute Gasteiger partial charge is 0.249 e. The number of benzene rings is 1. The summed E-state index contributed by atoms with van der Waals surface area (Å²) in [6, 6.07) is 9.58. The number of aryl methyl sites for hydroxylation is 2. The molecule has 1 aromatic heterocycles. The van der Waals surface area contributed by atoms with Crippen molar-refractivity contribution in [2.75, 3.05) is 13.2 Å². The van der Waals surface area contributed by atoms with E-state index in [1.807, 2.05) is 44.2 Å². The molecule has 0 spiro atoms. The van der Waals surface area contributed by atoms with Gasteiger partial charge in [0, 0.05) is 0 Å². The minimum absolute atomic E-state index is 0.167. The van der Waals surface area contributed by atoms with Crippen LogP contribution in [0.4, 0.5) is 0 Å². The first kappa shape index (κ1) is 18.1. The summed E-state index contributed by atoms with van der Waals surface area (Å²) >= 11 is 0. The van der Waals surface area contributed by atoms with E-state index in [-0.39, 0.29) is 10.9 Å². The van der Waals surface area contributed by atoms with Gasteiger partial charge in [0.05, 0.1) is 24.8 Å². The summed E-state index contributed by atoms with van der Waals surface area (Å²) in [6.45, 7) is 7.77. The Bertz CT molecular complexity index is 824. The summed E-state index contributed by atoms with van der Waals surface area (Å²) in [5, 5.41) is 3.82. The van der Waals surface area contributed by atoms with E-state index in [4.69, 9.17) is 9.26 Å². The predicted octanol–water partition coefficient (Wildman–Crippen LogP) is 2.70. The van der Waals surface area contributed by atoms with Crippen molar-refractivity contribution in [1.82, 2.24) is 9.46 Å². The van der Waals surface area contributed by atoms with E-state index in [1.165, 1.54) is 0 Å². The predicted molar refractivity (Wildman–Crippen MR) is 93.8 cm³/mol. The summed E-state index contributed by atoms with van der Waals surface area (Å²) in [4.78, 5) is 0.167. The highest BCUT2D eigenvalue weighted by Gasteiger charge is 2.47. The third-order valence-electron chi connectivity index (χ3n) is 4.49. The lowest BCUT2D eigenvalue weighted by molar-refractivity contribution is -0.0438. The van der Waals surface area contributed by atoms with Gasteiger partial charge >= 0.3 is 0 Å². The molecule has 2 aromatic rings. The van der Waals surface area contributed by atoms with Gasteiger partial charge in [-0.15, -0.1) is 0 Å². The fourth-order valence-corrected chi connectivity index (χ4v) is 5.80. The van der Waals surface area contributed by atoms with Gasteiger partial charge in [0.25, 0.3) is 0 Å². The second-order valence-electron chi connectivity index (χ2n) is 7.13. The van der Waals surface area contributed by atoms with Crippen molar-refractivity contribution in [2.24, 2.45) is 0 Å². The molecule has 25 heavy (non-hydrogen) atoms. The zero-order valence-corrected chi connectivity index (χ0v) is 15.8. The van der Waals surface area contributed by atoms with Crippen molar-refractivity contribution in [3.8, 4) is 0 Å². The monoisotopic (exact) mass is 364 g/mol. The maximum atomic E-state index is 13.5. The molecule has 1 saturated heterocycles. The fraction of sp³-hybridized carbons (Fsp3) is 0.500. The van der Waals surface area contributed by atoms with E-state index in [0.29, 0.717) is 31.1 Å². The molecule has 1 aliphatic rings. The van der Waals surface area contributed by atoms with E-state index >= 15 is 0 Å². The van der Waals surface area contributed by atoms with Crippen molar-refractivity contribution >= 4 is 10.0 Å². The molecule has 0 radical (unpaired) electrons. The van der Waals surface area contributed by atoms with Gasteiger partial charge < -0.3 is 9.26 Å². The van der Waals surface area contributed by atoms with E-state index < -0.39 is 15.6 Å². The van der Waals surface area contributed by atoms with E-state index in [0.717, 1.165) is 5.56 Å². The highest BCUT2D eigenvalue weighted by Crippen LogP contribution is 2.34. The van der Waals surface area contributed by atoms with Gasteiger partial charge in [0.15, 0.2) is 5.76 Å². The SMILES string of the molecule is Cc1noc(C)c1S(=O)(=O)N1C(Cc2ccccc2)COCC1(C)C. The summed E-state index contributed by atoms with van der Waals surface area (Å²) in [7, 11) is -3.76. The van der Waals surface area contributed by atoms with Crippen molar-refractivity contribution in [2.45, 2.75) is 50.6 Å². The van der Waals surface area contributed by atoms with Crippen LogP contribution in [-0.4, -0.2) is 42.7 Å². The number of sulfonamides is 1. The van der Waals surface area contributed by atoms with Gasteiger partial charge in [-0.3, -0.25) is 0 Å². The minimum Gasteiger partial charge on any atom is -0.378 e. The molecule has 1 atom stereocenters. The molecule has 2 heterocycles. The van der Waals surface area contributed by atoms with Gasteiger partial charge in [-0.05, 0) is 39.7 Å². The quantitative estimate of drug-likeness (QED) is 0.834. The van der Waals surface area contributed by atoms with Crippen LogP contribution in [0.15, 0.2) is 39.8 Å². The van der Waals surface area contributed by atoms with Gasteiger partial charge in [-0.25, -0.2) is 8.42 Å². The molecular formula is C18H24N2O4S. The normalized spacial score (nSPS) is 21.4. The average molecular weight is 364 g/mol. The Morgan fingerprint density at radius 2 is 1.92 bits per heavy atom. The molecule has 1 unspecified atom stereocenters. The number of nitrogens with zero attached hydrogens (tertiary/aromatic N) is 2. The van der Waals surface area contributed by atoms with Crippen LogP contribution in [-0.2, 0) is 21.2 Å². The van der Waals surface area contributed by atoms with Crippen LogP contribution in [0.2, 0.25) is 0 Å². The molecule has 136 valence electrons. The zero-order valence-electron chi connectivity index (χ0n) is 15.0. The molecule has 0 aliphatic carbocycles. The van der Waals surface area contributed by atoms with Gasteiger partial charge in [-0.1, -0.05) is 35.5 Å². The number of ether oxygens (including phenoxy) is 1. The Labute approximate surface area is 148 Å². The number of aromatic nitrogens is 1. The zero-order chi connectivity index (χ0) is 18.2. The van der Waals surface area contributed by atoms with Crippen LogP contribution in [0.3, 0.4) is 0 Å². The molecule has 7 heteroatoms. The van der Waals surface area contributed by atoms with Crippen molar-refractivity contribution in [3.63, 3.8) is 0 Å². The highest BCUT2D eigenvalue weighted by molar-refractivity contribution is 7.89. The second-order valence-corrected chi connectivity index (χ2v) is 8.88.